The minimum absolute atomic E-state index is 0.0782. The third kappa shape index (κ3) is 3.93. The highest BCUT2D eigenvalue weighted by atomic mass is 19.4. The van der Waals surface area contributed by atoms with Gasteiger partial charge in [0.1, 0.15) is 5.75 Å². The first-order valence-electron chi connectivity index (χ1n) is 7.75. The minimum atomic E-state index is -4.39. The van der Waals surface area contributed by atoms with Crippen molar-refractivity contribution in [3.05, 3.63) is 82.1 Å². The van der Waals surface area contributed by atoms with E-state index < -0.39 is 11.7 Å². The van der Waals surface area contributed by atoms with Gasteiger partial charge < -0.3 is 4.74 Å². The summed E-state index contributed by atoms with van der Waals surface area (Å²) in [5.41, 5.74) is 0.819. The van der Waals surface area contributed by atoms with Gasteiger partial charge in [0.25, 0.3) is 5.56 Å². The SMILES string of the molecule is COc1cccc(-c2ccc(=O)n(Cc3ccc(C(F)(F)F)cc3)n2)c1. The number of aromatic nitrogens is 2. The van der Waals surface area contributed by atoms with Crippen LogP contribution >= 0.6 is 0 Å². The maximum absolute atomic E-state index is 12.6. The molecule has 0 radical (unpaired) electrons. The van der Waals surface area contributed by atoms with Crippen molar-refractivity contribution < 1.29 is 17.9 Å². The van der Waals surface area contributed by atoms with Crippen LogP contribution in [0.25, 0.3) is 11.3 Å². The number of halogens is 3. The minimum Gasteiger partial charge on any atom is -0.497 e. The molecule has 0 saturated heterocycles. The predicted molar refractivity (Wildman–Crippen MR) is 91.0 cm³/mol. The van der Waals surface area contributed by atoms with Gasteiger partial charge in [-0.2, -0.15) is 18.3 Å². The van der Waals surface area contributed by atoms with E-state index in [4.69, 9.17) is 4.74 Å². The fourth-order valence-corrected chi connectivity index (χ4v) is 2.47. The summed E-state index contributed by atoms with van der Waals surface area (Å²) in [5, 5.41) is 4.31. The Morgan fingerprint density at radius 1 is 1.04 bits per heavy atom. The highest BCUT2D eigenvalue weighted by Crippen LogP contribution is 2.29. The number of alkyl halides is 3. The van der Waals surface area contributed by atoms with Crippen molar-refractivity contribution in [1.82, 2.24) is 9.78 Å². The van der Waals surface area contributed by atoms with Gasteiger partial charge in [-0.15, -0.1) is 0 Å². The summed E-state index contributed by atoms with van der Waals surface area (Å²) >= 11 is 0. The first kappa shape index (κ1) is 17.7. The topological polar surface area (TPSA) is 44.1 Å². The molecule has 1 aromatic heterocycles. The molecule has 3 rings (SSSR count). The molecule has 0 N–H and O–H groups in total. The van der Waals surface area contributed by atoms with Crippen LogP contribution in [0.3, 0.4) is 0 Å². The molecule has 0 spiro atoms. The van der Waals surface area contributed by atoms with E-state index in [0.717, 1.165) is 17.7 Å². The van der Waals surface area contributed by atoms with Crippen molar-refractivity contribution in [2.75, 3.05) is 7.11 Å². The third-order valence-electron chi connectivity index (χ3n) is 3.85. The molecule has 26 heavy (non-hydrogen) atoms. The lowest BCUT2D eigenvalue weighted by atomic mass is 10.1. The number of ether oxygens (including phenoxy) is 1. The largest absolute Gasteiger partial charge is 0.497 e. The van der Waals surface area contributed by atoms with Crippen molar-refractivity contribution >= 4 is 0 Å². The van der Waals surface area contributed by atoms with Gasteiger partial charge in [-0.3, -0.25) is 4.79 Å². The second kappa shape index (κ2) is 7.03. The Hall–Kier alpha value is -3.09. The van der Waals surface area contributed by atoms with E-state index >= 15 is 0 Å². The van der Waals surface area contributed by atoms with E-state index in [9.17, 15) is 18.0 Å². The first-order chi connectivity index (χ1) is 12.4. The number of methoxy groups -OCH3 is 1. The van der Waals surface area contributed by atoms with Gasteiger partial charge in [0.2, 0.25) is 0 Å². The normalized spacial score (nSPS) is 11.4. The second-order valence-electron chi connectivity index (χ2n) is 5.64. The molecule has 1 heterocycles. The van der Waals surface area contributed by atoms with E-state index in [1.807, 2.05) is 6.07 Å². The van der Waals surface area contributed by atoms with Crippen LogP contribution in [-0.4, -0.2) is 16.9 Å². The first-order valence-corrected chi connectivity index (χ1v) is 7.75. The van der Waals surface area contributed by atoms with Crippen molar-refractivity contribution in [3.63, 3.8) is 0 Å². The zero-order chi connectivity index (χ0) is 18.7. The van der Waals surface area contributed by atoms with Crippen molar-refractivity contribution in [2.24, 2.45) is 0 Å². The van der Waals surface area contributed by atoms with E-state index in [1.165, 1.54) is 22.9 Å². The van der Waals surface area contributed by atoms with E-state index in [2.05, 4.69) is 5.10 Å². The molecule has 4 nitrogen and oxygen atoms in total. The Kier molecular flexibility index (Phi) is 4.79. The molecule has 2 aromatic carbocycles. The molecule has 0 bridgehead atoms. The highest BCUT2D eigenvalue weighted by molar-refractivity contribution is 5.60. The Balaban J connectivity index is 1.89. The number of nitrogens with zero attached hydrogens (tertiary/aromatic N) is 2. The fourth-order valence-electron chi connectivity index (χ4n) is 2.47. The van der Waals surface area contributed by atoms with Crippen molar-refractivity contribution in [3.8, 4) is 17.0 Å². The van der Waals surface area contributed by atoms with E-state index in [-0.39, 0.29) is 12.1 Å². The number of hydrogen-bond donors (Lipinski definition) is 0. The molecule has 0 atom stereocenters. The summed E-state index contributed by atoms with van der Waals surface area (Å²) in [7, 11) is 1.55. The maximum Gasteiger partial charge on any atom is 0.416 e. The van der Waals surface area contributed by atoms with Crippen LogP contribution < -0.4 is 10.3 Å². The Labute approximate surface area is 147 Å². The van der Waals surface area contributed by atoms with Crippen molar-refractivity contribution in [1.29, 1.82) is 0 Å². The molecule has 0 aliphatic rings. The molecular formula is C19H15F3N2O2. The average molecular weight is 360 g/mol. The quantitative estimate of drug-likeness (QED) is 0.707. The van der Waals surface area contributed by atoms with Crippen LogP contribution in [0.1, 0.15) is 11.1 Å². The van der Waals surface area contributed by atoms with Crippen LogP contribution in [0.15, 0.2) is 65.5 Å². The van der Waals surface area contributed by atoms with Crippen LogP contribution in [0, 0.1) is 0 Å². The standard InChI is InChI=1S/C19H15F3N2O2/c1-26-16-4-2-3-14(11-16)17-9-10-18(25)24(23-17)12-13-5-7-15(8-6-13)19(20,21)22/h2-11H,12H2,1H3. The van der Waals surface area contributed by atoms with E-state index in [0.29, 0.717) is 17.0 Å². The lowest BCUT2D eigenvalue weighted by molar-refractivity contribution is -0.137. The number of benzene rings is 2. The molecule has 0 saturated carbocycles. The Morgan fingerprint density at radius 3 is 2.42 bits per heavy atom. The molecule has 7 heteroatoms. The van der Waals surface area contributed by atoms with Crippen LogP contribution in [0.5, 0.6) is 5.75 Å². The Bertz CT molecular complexity index is 964. The van der Waals surface area contributed by atoms with Gasteiger partial charge in [-0.05, 0) is 35.9 Å². The molecule has 0 aliphatic carbocycles. The van der Waals surface area contributed by atoms with Crippen LogP contribution in [0.2, 0.25) is 0 Å². The van der Waals surface area contributed by atoms with Gasteiger partial charge >= 0.3 is 6.18 Å². The number of rotatable bonds is 4. The Morgan fingerprint density at radius 2 is 1.77 bits per heavy atom. The van der Waals surface area contributed by atoms with Crippen LogP contribution in [0.4, 0.5) is 13.2 Å². The average Bonchev–Trinajstić information content (AvgIpc) is 2.63. The third-order valence-corrected chi connectivity index (χ3v) is 3.85. The zero-order valence-electron chi connectivity index (χ0n) is 13.8. The summed E-state index contributed by atoms with van der Waals surface area (Å²) in [5.74, 6) is 0.657. The molecular weight excluding hydrogens is 345 g/mol. The smallest absolute Gasteiger partial charge is 0.416 e. The van der Waals surface area contributed by atoms with Gasteiger partial charge in [0.05, 0.1) is 24.9 Å². The van der Waals surface area contributed by atoms with E-state index in [1.54, 1.807) is 31.4 Å². The monoisotopic (exact) mass is 360 g/mol. The second-order valence-corrected chi connectivity index (χ2v) is 5.64. The molecule has 0 aliphatic heterocycles. The molecule has 134 valence electrons. The van der Waals surface area contributed by atoms with Gasteiger partial charge in [-0.1, -0.05) is 24.3 Å². The molecule has 3 aromatic rings. The van der Waals surface area contributed by atoms with Crippen LogP contribution in [-0.2, 0) is 12.7 Å². The van der Waals surface area contributed by atoms with Crippen molar-refractivity contribution in [2.45, 2.75) is 12.7 Å². The summed E-state index contributed by atoms with van der Waals surface area (Å²) in [4.78, 5) is 12.1. The lowest BCUT2D eigenvalue weighted by Gasteiger charge is -2.10. The predicted octanol–water partition coefficient (Wildman–Crippen LogP) is 3.99. The molecule has 0 fully saturated rings. The van der Waals surface area contributed by atoms with Gasteiger partial charge in [0.15, 0.2) is 0 Å². The fraction of sp³-hybridized carbons (Fsp3) is 0.158. The van der Waals surface area contributed by atoms with Gasteiger partial charge in [-0.25, -0.2) is 4.68 Å². The summed E-state index contributed by atoms with van der Waals surface area (Å²) in [6.07, 6.45) is -4.39. The molecule has 0 unspecified atom stereocenters. The maximum atomic E-state index is 12.6. The summed E-state index contributed by atoms with van der Waals surface area (Å²) in [6, 6.07) is 14.9. The lowest BCUT2D eigenvalue weighted by Crippen LogP contribution is -2.22. The molecule has 0 amide bonds. The summed E-state index contributed by atoms with van der Waals surface area (Å²) in [6.45, 7) is 0.0782. The number of hydrogen-bond acceptors (Lipinski definition) is 3. The van der Waals surface area contributed by atoms with Gasteiger partial charge in [0, 0.05) is 11.6 Å². The summed E-state index contributed by atoms with van der Waals surface area (Å²) < 4.78 is 44.3. The highest BCUT2D eigenvalue weighted by Gasteiger charge is 2.29. The zero-order valence-corrected chi connectivity index (χ0v) is 13.8.